The quantitative estimate of drug-likeness (QED) is 0.389. The Morgan fingerprint density at radius 3 is 2.53 bits per heavy atom. The number of likely N-dealkylation sites (N-methyl/N-ethyl adjacent to an activating group) is 1. The van der Waals surface area contributed by atoms with Crippen LogP contribution in [-0.2, 0) is 17.8 Å². The van der Waals surface area contributed by atoms with Crippen molar-refractivity contribution in [2.45, 2.75) is 89.8 Å². The molecule has 8 heteroatoms. The van der Waals surface area contributed by atoms with Gasteiger partial charge in [-0.3, -0.25) is 9.69 Å². The monoisotopic (exact) mass is 470 g/mol. The van der Waals surface area contributed by atoms with Gasteiger partial charge in [-0.2, -0.15) is 0 Å². The first-order chi connectivity index (χ1) is 16.4. The van der Waals surface area contributed by atoms with Crippen LogP contribution >= 0.6 is 0 Å². The van der Waals surface area contributed by atoms with Gasteiger partial charge in [-0.25, -0.2) is 0 Å². The predicted octanol–water partition coefficient (Wildman–Crippen LogP) is 4.50. The minimum absolute atomic E-state index is 0.111. The molecule has 5 rings (SSSR count). The lowest BCUT2D eigenvalue weighted by Crippen LogP contribution is -2.53. The topological polar surface area (TPSA) is 101 Å². The summed E-state index contributed by atoms with van der Waals surface area (Å²) >= 11 is 0. The molecule has 1 saturated carbocycles. The van der Waals surface area contributed by atoms with E-state index in [0.29, 0.717) is 23.9 Å². The van der Waals surface area contributed by atoms with Crippen LogP contribution in [0.25, 0.3) is 10.9 Å². The first-order valence-corrected chi connectivity index (χ1v) is 12.9. The number of nitrogens with one attached hydrogen (secondary N) is 1. The third kappa shape index (κ3) is 5.06. The molecular formula is C26H38N4O4. The number of nitrogens with zero attached hydrogens (tertiary/aromatic N) is 3. The van der Waals surface area contributed by atoms with Gasteiger partial charge in [0.05, 0.1) is 5.92 Å². The minimum atomic E-state index is -1.50. The zero-order valence-corrected chi connectivity index (χ0v) is 20.4. The van der Waals surface area contributed by atoms with E-state index in [0.717, 1.165) is 45.3 Å². The Labute approximate surface area is 201 Å². The molecule has 2 aliphatic carbocycles. The maximum absolute atomic E-state index is 13.3. The Bertz CT molecular complexity index is 1010. The minimum Gasteiger partial charge on any atom is -0.353 e. The van der Waals surface area contributed by atoms with Crippen molar-refractivity contribution < 1.29 is 15.1 Å². The maximum atomic E-state index is 13.3. The Morgan fingerprint density at radius 1 is 1.18 bits per heavy atom. The van der Waals surface area contributed by atoms with Crippen LogP contribution in [-0.4, -0.2) is 50.8 Å². The Morgan fingerprint density at radius 2 is 1.88 bits per heavy atom. The average Bonchev–Trinajstić information content (AvgIpc) is 2.99. The summed E-state index contributed by atoms with van der Waals surface area (Å²) in [6, 6.07) is 7.75. The van der Waals surface area contributed by atoms with Gasteiger partial charge in [-0.1, -0.05) is 44.7 Å². The van der Waals surface area contributed by atoms with E-state index in [4.69, 9.17) is 15.3 Å². The molecule has 3 atom stereocenters. The number of likely N-dealkylation sites (tertiary alicyclic amines) is 1. The molecule has 3 aliphatic rings. The molecule has 1 saturated heterocycles. The molecule has 34 heavy (non-hydrogen) atoms. The highest BCUT2D eigenvalue weighted by atomic mass is 16.9. The molecule has 2 heterocycles. The lowest BCUT2D eigenvalue weighted by Gasteiger charge is -2.46. The van der Waals surface area contributed by atoms with E-state index in [1.807, 2.05) is 0 Å². The van der Waals surface area contributed by atoms with Crippen LogP contribution in [0.1, 0.15) is 75.8 Å². The van der Waals surface area contributed by atoms with Crippen molar-refractivity contribution in [3.05, 3.63) is 45.6 Å². The van der Waals surface area contributed by atoms with Gasteiger partial charge in [0.15, 0.2) is 0 Å². The number of amides is 1. The van der Waals surface area contributed by atoms with Gasteiger partial charge in [0.25, 0.3) is 5.09 Å². The number of carbonyl (C=O) groups excluding carboxylic acids is 1. The zero-order chi connectivity index (χ0) is 24.2. The first kappa shape index (κ1) is 24.5. The molecule has 0 radical (unpaired) electrons. The average molecular weight is 471 g/mol. The van der Waals surface area contributed by atoms with E-state index >= 15 is 0 Å². The molecule has 2 N–H and O–H groups in total. The largest absolute Gasteiger partial charge is 0.353 e. The number of hydrogen-bond acceptors (Lipinski definition) is 4. The van der Waals surface area contributed by atoms with Crippen molar-refractivity contribution in [2.24, 2.45) is 5.92 Å². The van der Waals surface area contributed by atoms with E-state index in [2.05, 4.69) is 53.0 Å². The molecule has 0 unspecified atom stereocenters. The number of fused-ring (bicyclic) bond motifs is 2. The van der Waals surface area contributed by atoms with Crippen molar-refractivity contribution in [1.29, 1.82) is 0 Å². The molecule has 2 fully saturated rings. The van der Waals surface area contributed by atoms with Gasteiger partial charge < -0.3 is 15.1 Å². The van der Waals surface area contributed by atoms with Gasteiger partial charge in [-0.05, 0) is 56.3 Å². The molecular weight excluding hydrogens is 432 g/mol. The van der Waals surface area contributed by atoms with Gasteiger partial charge >= 0.3 is 0 Å². The molecule has 1 aliphatic heterocycles. The van der Waals surface area contributed by atoms with E-state index in [1.54, 1.807) is 0 Å². The molecule has 1 aromatic carbocycles. The SMILES string of the molecule is CCN1C[C@H](C(=O)NC2CCCCCC2)C[C@@H]2c3cccc4c3c(cn4CC)C[C@H]21.O=[N+]([O-])O. The van der Waals surface area contributed by atoms with Crippen LogP contribution in [0, 0.1) is 16.0 Å². The molecule has 186 valence electrons. The van der Waals surface area contributed by atoms with Crippen LogP contribution in [0.2, 0.25) is 0 Å². The lowest BCUT2D eigenvalue weighted by molar-refractivity contribution is -0.742. The highest BCUT2D eigenvalue weighted by Crippen LogP contribution is 2.45. The molecule has 1 amide bonds. The fraction of sp³-hybridized carbons (Fsp3) is 0.654. The van der Waals surface area contributed by atoms with Crippen molar-refractivity contribution >= 4 is 16.8 Å². The number of hydrogen-bond donors (Lipinski definition) is 2. The van der Waals surface area contributed by atoms with Gasteiger partial charge in [-0.15, -0.1) is 10.1 Å². The summed E-state index contributed by atoms with van der Waals surface area (Å²) in [7, 11) is 0. The number of aromatic nitrogens is 1. The molecule has 0 bridgehead atoms. The highest BCUT2D eigenvalue weighted by Gasteiger charge is 2.42. The zero-order valence-electron chi connectivity index (χ0n) is 20.4. The highest BCUT2D eigenvalue weighted by molar-refractivity contribution is 5.89. The number of rotatable bonds is 4. The third-order valence-electron chi connectivity index (χ3n) is 8.09. The van der Waals surface area contributed by atoms with Crippen LogP contribution in [0.5, 0.6) is 0 Å². The summed E-state index contributed by atoms with van der Waals surface area (Å²) in [6.07, 6.45) is 12.0. The summed E-state index contributed by atoms with van der Waals surface area (Å²) in [4.78, 5) is 24.3. The van der Waals surface area contributed by atoms with Gasteiger partial charge in [0.1, 0.15) is 0 Å². The van der Waals surface area contributed by atoms with E-state index in [-0.39, 0.29) is 5.92 Å². The van der Waals surface area contributed by atoms with Gasteiger partial charge in [0, 0.05) is 48.2 Å². The fourth-order valence-electron chi connectivity index (χ4n) is 6.53. The summed E-state index contributed by atoms with van der Waals surface area (Å²) in [5.41, 5.74) is 4.36. The molecule has 1 aromatic heterocycles. The van der Waals surface area contributed by atoms with Crippen molar-refractivity contribution in [3.8, 4) is 0 Å². The molecule has 0 spiro atoms. The van der Waals surface area contributed by atoms with Crippen LogP contribution < -0.4 is 5.32 Å². The number of piperidine rings is 1. The fourth-order valence-corrected chi connectivity index (χ4v) is 6.53. The number of aryl methyl sites for hydroxylation is 1. The lowest BCUT2D eigenvalue weighted by atomic mass is 9.72. The van der Waals surface area contributed by atoms with Crippen LogP contribution in [0.3, 0.4) is 0 Å². The van der Waals surface area contributed by atoms with Gasteiger partial charge in [0.2, 0.25) is 5.91 Å². The summed E-state index contributed by atoms with van der Waals surface area (Å²) in [6.45, 7) is 7.44. The Balaban J connectivity index is 0.000000636. The van der Waals surface area contributed by atoms with Crippen molar-refractivity contribution in [2.75, 3.05) is 13.1 Å². The second-order valence-electron chi connectivity index (χ2n) is 10.0. The molecule has 2 aromatic rings. The van der Waals surface area contributed by atoms with Crippen LogP contribution in [0.4, 0.5) is 0 Å². The van der Waals surface area contributed by atoms with Crippen molar-refractivity contribution in [1.82, 2.24) is 14.8 Å². The second-order valence-corrected chi connectivity index (χ2v) is 10.0. The third-order valence-corrected chi connectivity index (χ3v) is 8.09. The maximum Gasteiger partial charge on any atom is 0.291 e. The summed E-state index contributed by atoms with van der Waals surface area (Å²) in [5, 5.41) is 18.6. The standard InChI is InChI=1S/C26H37N3O.HNO3/c1-3-28-16-18-15-24-22(21-12-9-13-23(28)25(18)21)14-19(17-29(24)4-2)26(30)27-20-10-7-5-6-8-11-20;2-1(3)4/h9,12-13,16,19-20,22,24H,3-8,10-11,14-15,17H2,1-2H3,(H,27,30);(H,2,3,4)/t19-,22-,24-;/m1./s1. The van der Waals surface area contributed by atoms with E-state index < -0.39 is 5.09 Å². The predicted molar refractivity (Wildman–Crippen MR) is 132 cm³/mol. The molecule has 8 nitrogen and oxygen atoms in total. The van der Waals surface area contributed by atoms with Crippen LogP contribution in [0.15, 0.2) is 24.4 Å². The normalized spacial score (nSPS) is 25.1. The number of benzene rings is 1. The summed E-state index contributed by atoms with van der Waals surface area (Å²) < 4.78 is 2.40. The summed E-state index contributed by atoms with van der Waals surface area (Å²) in [5.74, 6) is 0.884. The Hall–Kier alpha value is -2.61. The number of carbonyl (C=O) groups is 1. The Kier molecular flexibility index (Phi) is 7.76. The smallest absolute Gasteiger partial charge is 0.291 e. The van der Waals surface area contributed by atoms with E-state index in [1.165, 1.54) is 47.7 Å². The van der Waals surface area contributed by atoms with E-state index in [9.17, 15) is 4.79 Å². The second kappa shape index (κ2) is 10.8. The van der Waals surface area contributed by atoms with Crippen molar-refractivity contribution in [3.63, 3.8) is 0 Å². The first-order valence-electron chi connectivity index (χ1n) is 12.9.